The topological polar surface area (TPSA) is 83.1 Å². The number of halogens is 1. The van der Waals surface area contributed by atoms with Gasteiger partial charge in [-0.05, 0) is 39.0 Å². The minimum absolute atomic E-state index is 0.129. The van der Waals surface area contributed by atoms with Crippen molar-refractivity contribution < 1.29 is 19.7 Å². The normalized spacial score (nSPS) is 32.5. The molecule has 0 saturated carbocycles. The van der Waals surface area contributed by atoms with Crippen LogP contribution < -0.4 is 10.6 Å². The number of benzene rings is 1. The number of imide groups is 1. The number of hydrogen-bond acceptors (Lipinski definition) is 3. The highest BCUT2D eigenvalue weighted by atomic mass is 35.5. The molecule has 3 amide bonds. The van der Waals surface area contributed by atoms with Crippen LogP contribution in [0.5, 0.6) is 0 Å². The Morgan fingerprint density at radius 2 is 1.85 bits per heavy atom. The minimum atomic E-state index is -1.15. The number of likely N-dealkylation sites (tertiary alicyclic amines) is 1. The van der Waals surface area contributed by atoms with E-state index in [1.807, 2.05) is 39.9 Å². The van der Waals surface area contributed by atoms with Crippen LogP contribution in [0.25, 0.3) is 0 Å². The van der Waals surface area contributed by atoms with Gasteiger partial charge in [0.15, 0.2) is 0 Å². The summed E-state index contributed by atoms with van der Waals surface area (Å²) in [6.07, 6.45) is 0. The molecule has 3 aliphatic heterocycles. The molecule has 1 spiro atoms. The van der Waals surface area contributed by atoms with Gasteiger partial charge in [0.05, 0.1) is 5.69 Å². The molecule has 3 N–H and O–H groups in total. The summed E-state index contributed by atoms with van der Waals surface area (Å²) in [4.78, 5) is 41.4. The van der Waals surface area contributed by atoms with E-state index in [4.69, 9.17) is 11.6 Å². The van der Waals surface area contributed by atoms with Gasteiger partial charge in [0.25, 0.3) is 5.91 Å². The molecule has 27 heavy (non-hydrogen) atoms. The molecule has 0 bridgehead atoms. The largest absolute Gasteiger partial charge is 0.326 e. The first-order chi connectivity index (χ1) is 12.5. The number of nitrogens with zero attached hydrogens (tertiary/aromatic N) is 1. The third-order valence-corrected chi connectivity index (χ3v) is 6.44. The van der Waals surface area contributed by atoms with Crippen molar-refractivity contribution in [3.63, 3.8) is 0 Å². The quantitative estimate of drug-likeness (QED) is 0.712. The zero-order valence-corrected chi connectivity index (χ0v) is 16.9. The van der Waals surface area contributed by atoms with Crippen molar-refractivity contribution in [1.82, 2.24) is 4.90 Å². The summed E-state index contributed by atoms with van der Waals surface area (Å²) in [5, 5.41) is 5.36. The van der Waals surface area contributed by atoms with Crippen LogP contribution in [0.4, 0.5) is 5.69 Å². The highest BCUT2D eigenvalue weighted by Gasteiger charge is 2.75. The maximum atomic E-state index is 13.5. The molecular weight excluding hydrogens is 366 g/mol. The zero-order chi connectivity index (χ0) is 19.9. The van der Waals surface area contributed by atoms with Gasteiger partial charge in [-0.25, -0.2) is 0 Å². The van der Waals surface area contributed by atoms with E-state index in [1.54, 1.807) is 18.2 Å². The monoisotopic (exact) mass is 390 g/mol. The van der Waals surface area contributed by atoms with E-state index in [0.717, 1.165) is 0 Å². The first-order valence-corrected chi connectivity index (χ1v) is 9.73. The number of carbonyl (C=O) groups is 3. The van der Waals surface area contributed by atoms with E-state index in [2.05, 4.69) is 5.32 Å². The Morgan fingerprint density at radius 3 is 2.44 bits per heavy atom. The predicted octanol–water partition coefficient (Wildman–Crippen LogP) is 1.49. The molecule has 4 atom stereocenters. The summed E-state index contributed by atoms with van der Waals surface area (Å²) in [5.74, 6) is -1.80. The summed E-state index contributed by atoms with van der Waals surface area (Å²) in [7, 11) is 0. The Hall–Kier alpha value is -1.92. The number of nitrogens with two attached hydrogens (primary N) is 1. The Morgan fingerprint density at radius 1 is 1.19 bits per heavy atom. The van der Waals surface area contributed by atoms with E-state index in [9.17, 15) is 14.4 Å². The molecule has 0 aliphatic carbocycles. The van der Waals surface area contributed by atoms with Crippen LogP contribution >= 0.6 is 11.6 Å². The van der Waals surface area contributed by atoms with E-state index in [-0.39, 0.29) is 29.7 Å². The van der Waals surface area contributed by atoms with Gasteiger partial charge in [0.2, 0.25) is 17.4 Å². The zero-order valence-electron chi connectivity index (χ0n) is 16.2. The fourth-order valence-corrected chi connectivity index (χ4v) is 5.30. The standard InChI is InChI=1S/C20H24ClN3O3/c1-9(2)15-13-14(17(26)24(16(13)25)19(3,4)5)20(23-15)11-8-10(21)6-7-12(11)22-18(20)27/h6-9,13-15,23H,1-5H3,(H,22,27)/p+1/t13-,14-,15-,20+/m0/s1. The number of fused-ring (bicyclic) bond motifs is 4. The van der Waals surface area contributed by atoms with Crippen LogP contribution in [-0.2, 0) is 19.9 Å². The summed E-state index contributed by atoms with van der Waals surface area (Å²) in [6, 6.07) is 5.07. The van der Waals surface area contributed by atoms with Crippen LogP contribution in [0.2, 0.25) is 5.02 Å². The average molecular weight is 391 g/mol. The fourth-order valence-electron chi connectivity index (χ4n) is 5.13. The van der Waals surface area contributed by atoms with Gasteiger partial charge in [-0.15, -0.1) is 0 Å². The second-order valence-electron chi connectivity index (χ2n) is 9.19. The van der Waals surface area contributed by atoms with E-state index in [0.29, 0.717) is 16.3 Å². The number of quaternary nitrogens is 1. The summed E-state index contributed by atoms with van der Waals surface area (Å²) in [5.41, 5.74) is -0.409. The molecule has 2 saturated heterocycles. The lowest BCUT2D eigenvalue weighted by Crippen LogP contribution is -2.99. The Bertz CT molecular complexity index is 876. The number of amides is 3. The van der Waals surface area contributed by atoms with Crippen LogP contribution in [0.3, 0.4) is 0 Å². The number of carbonyl (C=O) groups excluding carboxylic acids is 3. The lowest BCUT2D eigenvalue weighted by Gasteiger charge is -2.33. The third kappa shape index (κ3) is 2.26. The van der Waals surface area contributed by atoms with Gasteiger partial charge < -0.3 is 10.6 Å². The van der Waals surface area contributed by atoms with E-state index in [1.165, 1.54) is 4.90 Å². The lowest BCUT2D eigenvalue weighted by molar-refractivity contribution is -0.738. The van der Waals surface area contributed by atoms with Crippen molar-refractivity contribution >= 4 is 35.0 Å². The smallest absolute Gasteiger partial charge is 0.291 e. The fraction of sp³-hybridized carbons (Fsp3) is 0.550. The average Bonchev–Trinajstić information content (AvgIpc) is 3.13. The highest BCUT2D eigenvalue weighted by molar-refractivity contribution is 6.31. The number of hydrogen-bond donors (Lipinski definition) is 2. The van der Waals surface area contributed by atoms with Gasteiger partial charge in [-0.1, -0.05) is 25.4 Å². The van der Waals surface area contributed by atoms with Crippen molar-refractivity contribution in [1.29, 1.82) is 0 Å². The molecule has 0 radical (unpaired) electrons. The molecule has 4 rings (SSSR count). The number of rotatable bonds is 1. The molecule has 3 aliphatic rings. The van der Waals surface area contributed by atoms with Crippen molar-refractivity contribution in [3.8, 4) is 0 Å². The van der Waals surface area contributed by atoms with Crippen LogP contribution in [0, 0.1) is 17.8 Å². The van der Waals surface area contributed by atoms with Gasteiger partial charge in [-0.3, -0.25) is 19.3 Å². The highest BCUT2D eigenvalue weighted by Crippen LogP contribution is 2.51. The van der Waals surface area contributed by atoms with Gasteiger partial charge in [0.1, 0.15) is 17.9 Å². The Labute approximate surface area is 163 Å². The van der Waals surface area contributed by atoms with Crippen molar-refractivity contribution in [2.75, 3.05) is 5.32 Å². The maximum Gasteiger partial charge on any atom is 0.291 e. The summed E-state index contributed by atoms with van der Waals surface area (Å²) < 4.78 is 0. The second-order valence-corrected chi connectivity index (χ2v) is 9.62. The van der Waals surface area contributed by atoms with Crippen molar-refractivity contribution in [3.05, 3.63) is 28.8 Å². The summed E-state index contributed by atoms with van der Waals surface area (Å²) in [6.45, 7) is 9.61. The maximum absolute atomic E-state index is 13.5. The SMILES string of the molecule is CC(C)[C@@H]1[NH2+][C@@]2(C(=O)Nc3ccc(Cl)cc32)[C@@H]2C(=O)N(C(C)(C)C)C(=O)[C@@H]21. The molecule has 6 nitrogen and oxygen atoms in total. The van der Waals surface area contributed by atoms with Gasteiger partial charge >= 0.3 is 0 Å². The Balaban J connectivity index is 1.95. The number of nitrogens with one attached hydrogen (secondary N) is 1. The molecule has 1 aromatic rings. The first-order valence-electron chi connectivity index (χ1n) is 9.35. The molecule has 1 aromatic carbocycles. The van der Waals surface area contributed by atoms with Crippen LogP contribution in [-0.4, -0.2) is 34.2 Å². The minimum Gasteiger partial charge on any atom is -0.326 e. The molecule has 7 heteroatoms. The van der Waals surface area contributed by atoms with E-state index < -0.39 is 22.9 Å². The lowest BCUT2D eigenvalue weighted by atomic mass is 9.76. The van der Waals surface area contributed by atoms with Gasteiger partial charge in [-0.2, -0.15) is 0 Å². The van der Waals surface area contributed by atoms with Crippen molar-refractivity contribution in [2.24, 2.45) is 17.8 Å². The van der Waals surface area contributed by atoms with Crippen LogP contribution in [0.1, 0.15) is 40.2 Å². The Kier molecular flexibility index (Phi) is 3.79. The molecule has 0 aromatic heterocycles. The third-order valence-electron chi connectivity index (χ3n) is 6.20. The first kappa shape index (κ1) is 18.4. The van der Waals surface area contributed by atoms with E-state index >= 15 is 0 Å². The molecule has 144 valence electrons. The number of anilines is 1. The van der Waals surface area contributed by atoms with Gasteiger partial charge in [0, 0.05) is 22.0 Å². The molecule has 3 heterocycles. The molecule has 0 unspecified atom stereocenters. The predicted molar refractivity (Wildman–Crippen MR) is 101 cm³/mol. The van der Waals surface area contributed by atoms with Crippen LogP contribution in [0.15, 0.2) is 18.2 Å². The second kappa shape index (κ2) is 5.55. The van der Waals surface area contributed by atoms with Crippen molar-refractivity contribution in [2.45, 2.75) is 51.7 Å². The molecular formula is C20H25ClN3O3+. The molecule has 2 fully saturated rings. The summed E-state index contributed by atoms with van der Waals surface area (Å²) >= 11 is 6.23.